The van der Waals surface area contributed by atoms with Crippen LogP contribution in [0.4, 0.5) is 10.5 Å². The molecule has 3 aromatic rings. The summed E-state index contributed by atoms with van der Waals surface area (Å²) in [6, 6.07) is 16.5. The van der Waals surface area contributed by atoms with Crippen molar-refractivity contribution < 1.29 is 66.8 Å². The van der Waals surface area contributed by atoms with Crippen LogP contribution >= 0.6 is 0 Å². The molecule has 0 bridgehead atoms. The van der Waals surface area contributed by atoms with Gasteiger partial charge < -0.3 is 53.6 Å². The number of fused-ring (bicyclic) bond motifs is 4. The van der Waals surface area contributed by atoms with Gasteiger partial charge in [0.1, 0.15) is 37.0 Å². The first-order chi connectivity index (χ1) is 43.2. The van der Waals surface area contributed by atoms with Gasteiger partial charge in [-0.15, -0.1) is 5.10 Å². The average molecular weight is 1250 g/mol. The summed E-state index contributed by atoms with van der Waals surface area (Å²) in [5.74, 6) is 0.586. The number of methoxy groups -OCH3 is 1. The fraction of sp³-hybridized carbons (Fsp3) is 0.588. The molecule has 1 fully saturated rings. The van der Waals surface area contributed by atoms with Gasteiger partial charge in [-0.05, 0) is 98.6 Å². The molecular formula is C68H95N8O14+. The first-order valence-electron chi connectivity index (χ1n) is 31.9. The number of ketones is 3. The highest BCUT2D eigenvalue weighted by atomic mass is 16.5. The molecule has 0 saturated heterocycles. The summed E-state index contributed by atoms with van der Waals surface area (Å²) in [6.45, 7) is 12.1. The predicted octanol–water partition coefficient (Wildman–Crippen LogP) is 7.91. The Labute approximate surface area is 528 Å². The lowest BCUT2D eigenvalue weighted by atomic mass is 9.85. The second-order valence-electron chi connectivity index (χ2n) is 25.0. The number of carbonyl (C=O) groups excluding carboxylic acids is 6. The van der Waals surface area contributed by atoms with Gasteiger partial charge in [-0.1, -0.05) is 39.0 Å². The highest BCUT2D eigenvalue weighted by Gasteiger charge is 2.57. The van der Waals surface area contributed by atoms with Crippen molar-refractivity contribution in [2.24, 2.45) is 29.1 Å². The Morgan fingerprint density at radius 2 is 1.43 bits per heavy atom. The number of hydrogen-bond donors (Lipinski definition) is 3. The Kier molecular flexibility index (Phi) is 26.6. The van der Waals surface area contributed by atoms with Crippen LogP contribution in [0.15, 0.2) is 59.0 Å². The quantitative estimate of drug-likeness (QED) is 0.0147. The van der Waals surface area contributed by atoms with Crippen molar-refractivity contribution in [3.8, 4) is 22.5 Å². The largest absolute Gasteiger partial charge is 0.478 e. The lowest BCUT2D eigenvalue weighted by Crippen LogP contribution is -2.37. The Morgan fingerprint density at radius 3 is 2.09 bits per heavy atom. The normalized spacial score (nSPS) is 15.4. The third kappa shape index (κ3) is 20.0. The fourth-order valence-corrected chi connectivity index (χ4v) is 12.0. The van der Waals surface area contributed by atoms with Gasteiger partial charge in [0.25, 0.3) is 0 Å². The Bertz CT molecular complexity index is 3310. The SMILES string of the molecule is COCCC(=O)N(CCOCCC(=O)CCCNC(=O)OCC(C)(C)C1C2CCc3nnn(CCOCCCC(=O)c4ccc(C(=O)O)c(-c5c6ccc(=[N+](C)C)cc-6oc6cc(N(C)C)ccc56)c4)c3CCC21)CCOCCC(=O)CCCNC(=O)C(C)C. The van der Waals surface area contributed by atoms with Crippen LogP contribution in [0.3, 0.4) is 0 Å². The molecule has 2 heterocycles. The number of ether oxygens (including phenoxy) is 5. The van der Waals surface area contributed by atoms with Crippen LogP contribution in [0, 0.1) is 29.1 Å². The smallest absolute Gasteiger partial charge is 0.407 e. The number of carbonyl (C=O) groups is 7. The number of nitrogens with one attached hydrogen (secondary N) is 2. The molecule has 1 aliphatic heterocycles. The molecule has 22 nitrogen and oxygen atoms in total. The van der Waals surface area contributed by atoms with E-state index in [0.717, 1.165) is 59.1 Å². The highest BCUT2D eigenvalue weighted by molar-refractivity contribution is 6.09. The van der Waals surface area contributed by atoms with Crippen molar-refractivity contribution in [2.75, 3.05) is 119 Å². The van der Waals surface area contributed by atoms with Crippen LogP contribution in [0.1, 0.15) is 130 Å². The van der Waals surface area contributed by atoms with E-state index in [1.54, 1.807) is 17.0 Å². The van der Waals surface area contributed by atoms with Crippen molar-refractivity contribution in [1.29, 1.82) is 0 Å². The molecule has 1 saturated carbocycles. The molecule has 3 amide bonds. The summed E-state index contributed by atoms with van der Waals surface area (Å²) >= 11 is 0. The molecule has 22 heteroatoms. The zero-order valence-electron chi connectivity index (χ0n) is 54.3. The molecule has 1 aromatic heterocycles. The number of aromatic nitrogens is 3. The topological polar surface area (TPSA) is 263 Å². The number of aryl methyl sites for hydroxylation is 1. The number of carboxylic acid groups (broad SMARTS) is 1. The Hall–Kier alpha value is -7.40. The first-order valence-corrected chi connectivity index (χ1v) is 31.9. The van der Waals surface area contributed by atoms with Gasteiger partial charge in [-0.2, -0.15) is 0 Å². The van der Waals surface area contributed by atoms with Crippen molar-refractivity contribution in [1.82, 2.24) is 35.1 Å². The maximum Gasteiger partial charge on any atom is 0.407 e. The molecule has 3 aliphatic carbocycles. The molecule has 4 aliphatic rings. The summed E-state index contributed by atoms with van der Waals surface area (Å²) in [5.41, 5.74) is 5.78. The van der Waals surface area contributed by atoms with Gasteiger partial charge in [-0.3, -0.25) is 24.0 Å². The number of carboxylic acids is 1. The van der Waals surface area contributed by atoms with Crippen LogP contribution in [0.25, 0.3) is 33.4 Å². The van der Waals surface area contributed by atoms with Crippen LogP contribution in [-0.4, -0.2) is 181 Å². The lowest BCUT2D eigenvalue weighted by Gasteiger charge is -2.25. The number of benzene rings is 3. The molecule has 490 valence electrons. The Balaban J connectivity index is 0.769. The van der Waals surface area contributed by atoms with Crippen molar-refractivity contribution in [3.05, 3.63) is 82.5 Å². The molecule has 0 radical (unpaired) electrons. The molecule has 0 spiro atoms. The average Bonchev–Trinajstić information content (AvgIpc) is 1.34. The highest BCUT2D eigenvalue weighted by Crippen LogP contribution is 2.61. The van der Waals surface area contributed by atoms with E-state index >= 15 is 0 Å². The van der Waals surface area contributed by atoms with E-state index in [9.17, 15) is 38.7 Å². The molecule has 3 unspecified atom stereocenters. The standard InChI is InChI=1S/C68H94N8O14/c1-45(2)65(81)69-29-10-13-49(77)26-36-87-38-31-75(62(80)28-35-85-9)32-39-88-37-27-50(78)14-11-30-70-67(84)89-44-68(3,4)64-51-22-24-57-58(25-23-52(51)64)76(72-71-57)33-40-86-34-12-15-59(79)46-16-19-53(66(82)83)56(41-46)63-54-20-17-47(73(5)6)42-60(54)90-61-43-48(74(7)8)18-21-55(61)63/h16-21,41-43,45,51-52,64H,10-15,22-40,44H2,1-9H3,(H2-,69,70,81,82,83,84)/p+1. The van der Waals surface area contributed by atoms with Crippen LogP contribution < -0.4 is 25.5 Å². The zero-order valence-corrected chi connectivity index (χ0v) is 54.3. The fourth-order valence-electron chi connectivity index (χ4n) is 12.0. The molecule has 2 aromatic carbocycles. The second-order valence-corrected chi connectivity index (χ2v) is 25.0. The van der Waals surface area contributed by atoms with Gasteiger partial charge in [-0.25, -0.2) is 18.8 Å². The summed E-state index contributed by atoms with van der Waals surface area (Å²) in [5, 5.41) is 26.8. The minimum absolute atomic E-state index is 0.00805. The summed E-state index contributed by atoms with van der Waals surface area (Å²) in [6.07, 6.45) is 6.13. The predicted molar refractivity (Wildman–Crippen MR) is 342 cm³/mol. The molecule has 3 N–H and O–H groups in total. The summed E-state index contributed by atoms with van der Waals surface area (Å²) < 4.78 is 38.7. The van der Waals surface area contributed by atoms with Gasteiger partial charge >= 0.3 is 12.1 Å². The number of amides is 3. The first kappa shape index (κ1) is 70.1. The molecule has 3 atom stereocenters. The minimum Gasteiger partial charge on any atom is -0.478 e. The summed E-state index contributed by atoms with van der Waals surface area (Å²) in [4.78, 5) is 92.4. The number of aromatic carboxylic acids is 1. The minimum atomic E-state index is -1.10. The van der Waals surface area contributed by atoms with Crippen LogP contribution in [0.5, 0.6) is 0 Å². The van der Waals surface area contributed by atoms with Gasteiger partial charge in [0, 0.05) is 137 Å². The lowest BCUT2D eigenvalue weighted by molar-refractivity contribution is -0.134. The third-order valence-electron chi connectivity index (χ3n) is 17.2. The maximum absolute atomic E-state index is 13.8. The number of nitrogens with zero attached hydrogens (tertiary/aromatic N) is 6. The van der Waals surface area contributed by atoms with Crippen LogP contribution in [-0.2, 0) is 62.2 Å². The number of Topliss-reactive ketones (excluding diaryl/α,β-unsaturated/α-hetero) is 3. The van der Waals surface area contributed by atoms with Gasteiger partial charge in [0.05, 0.1) is 82.2 Å². The number of hydrogen-bond acceptors (Lipinski definition) is 16. The third-order valence-corrected chi connectivity index (χ3v) is 17.2. The number of anilines is 1. The van der Waals surface area contributed by atoms with E-state index in [-0.39, 0.29) is 118 Å². The van der Waals surface area contributed by atoms with E-state index in [1.807, 2.05) is 92.6 Å². The number of rotatable bonds is 38. The van der Waals surface area contributed by atoms with Gasteiger partial charge in [0.2, 0.25) is 17.2 Å². The van der Waals surface area contributed by atoms with Crippen molar-refractivity contribution in [2.45, 2.75) is 118 Å². The van der Waals surface area contributed by atoms with E-state index in [1.165, 1.54) is 13.2 Å². The van der Waals surface area contributed by atoms with E-state index in [0.29, 0.717) is 117 Å². The second kappa shape index (κ2) is 34.1. The molecular weight excluding hydrogens is 1150 g/mol. The van der Waals surface area contributed by atoms with Crippen molar-refractivity contribution >= 4 is 57.9 Å². The number of alkyl carbamates (subject to hydrolysis) is 1. The van der Waals surface area contributed by atoms with Crippen LogP contribution in [0.2, 0.25) is 0 Å². The van der Waals surface area contributed by atoms with Gasteiger partial charge in [0.15, 0.2) is 5.78 Å². The van der Waals surface area contributed by atoms with E-state index < -0.39 is 12.1 Å². The molecule has 7 rings (SSSR count). The summed E-state index contributed by atoms with van der Waals surface area (Å²) in [7, 11) is 9.32. The van der Waals surface area contributed by atoms with E-state index in [4.69, 9.17) is 28.1 Å². The zero-order chi connectivity index (χ0) is 64.9. The van der Waals surface area contributed by atoms with Crippen molar-refractivity contribution in [3.63, 3.8) is 0 Å². The molecule has 90 heavy (non-hydrogen) atoms. The monoisotopic (exact) mass is 1250 g/mol. The Morgan fingerprint density at radius 1 is 0.756 bits per heavy atom. The van der Waals surface area contributed by atoms with E-state index in [2.05, 4.69) is 34.8 Å². The maximum atomic E-state index is 13.8.